The van der Waals surface area contributed by atoms with E-state index in [1.807, 2.05) is 49.4 Å². The lowest BCUT2D eigenvalue weighted by molar-refractivity contribution is -0.117. The highest BCUT2D eigenvalue weighted by molar-refractivity contribution is 6.14. The minimum Gasteiger partial charge on any atom is -0.326 e. The molecule has 1 N–H and O–H groups in total. The van der Waals surface area contributed by atoms with Gasteiger partial charge < -0.3 is 5.32 Å². The van der Waals surface area contributed by atoms with Crippen molar-refractivity contribution in [1.29, 1.82) is 0 Å². The zero-order valence-electron chi connectivity index (χ0n) is 11.8. The summed E-state index contributed by atoms with van der Waals surface area (Å²) in [6.45, 7) is 1.99. The third kappa shape index (κ3) is 1.60. The Bertz CT molecular complexity index is 794. The summed E-state index contributed by atoms with van der Waals surface area (Å²) in [4.78, 5) is 25.1. The molecule has 0 saturated heterocycles. The summed E-state index contributed by atoms with van der Waals surface area (Å²) in [5, 5.41) is 2.91. The second-order valence-corrected chi connectivity index (χ2v) is 6.02. The predicted molar refractivity (Wildman–Crippen MR) is 80.6 cm³/mol. The van der Waals surface area contributed by atoms with Crippen molar-refractivity contribution in [2.24, 2.45) is 0 Å². The third-order valence-electron chi connectivity index (χ3n) is 4.62. The lowest BCUT2D eigenvalue weighted by atomic mass is 9.71. The van der Waals surface area contributed by atoms with Crippen LogP contribution in [0.5, 0.6) is 0 Å². The normalized spacial score (nSPS) is 22.9. The molecule has 0 saturated carbocycles. The van der Waals surface area contributed by atoms with E-state index in [9.17, 15) is 9.59 Å². The number of amides is 1. The van der Waals surface area contributed by atoms with Crippen LogP contribution in [0.3, 0.4) is 0 Å². The Morgan fingerprint density at radius 2 is 1.86 bits per heavy atom. The molecule has 1 aliphatic heterocycles. The molecule has 1 atom stereocenters. The summed E-state index contributed by atoms with van der Waals surface area (Å²) >= 11 is 0. The fourth-order valence-corrected chi connectivity index (χ4v) is 3.66. The number of hydrogen-bond donors (Lipinski definition) is 1. The van der Waals surface area contributed by atoms with Gasteiger partial charge in [0.25, 0.3) is 0 Å². The van der Waals surface area contributed by atoms with Gasteiger partial charge in [-0.15, -0.1) is 0 Å². The Morgan fingerprint density at radius 1 is 1.05 bits per heavy atom. The average molecular weight is 277 g/mol. The Balaban J connectivity index is 1.95. The van der Waals surface area contributed by atoms with Gasteiger partial charge in [0.2, 0.25) is 5.91 Å². The predicted octanol–water partition coefficient (Wildman–Crippen LogP) is 3.01. The summed E-state index contributed by atoms with van der Waals surface area (Å²) < 4.78 is 0. The summed E-state index contributed by atoms with van der Waals surface area (Å²) in [6.07, 6.45) is 0.849. The Morgan fingerprint density at radius 3 is 2.67 bits per heavy atom. The van der Waals surface area contributed by atoms with Crippen LogP contribution in [-0.4, -0.2) is 11.7 Å². The largest absolute Gasteiger partial charge is 0.326 e. The van der Waals surface area contributed by atoms with E-state index < -0.39 is 5.41 Å². The number of rotatable bonds is 0. The lowest BCUT2D eigenvalue weighted by Crippen LogP contribution is -2.42. The molecule has 3 nitrogen and oxygen atoms in total. The Kier molecular flexibility index (Phi) is 2.37. The SMILES string of the molecule is Cc1ccc2c(c1)NC(=O)CC21Cc2ccccc2C1=O. The highest BCUT2D eigenvalue weighted by atomic mass is 16.2. The molecule has 0 bridgehead atoms. The van der Waals surface area contributed by atoms with Gasteiger partial charge in [-0.25, -0.2) is 0 Å². The van der Waals surface area contributed by atoms with Crippen molar-refractivity contribution in [2.45, 2.75) is 25.2 Å². The molecule has 1 spiro atoms. The van der Waals surface area contributed by atoms with Crippen molar-refractivity contribution >= 4 is 17.4 Å². The van der Waals surface area contributed by atoms with Gasteiger partial charge in [0, 0.05) is 17.7 Å². The molecule has 1 aliphatic carbocycles. The second-order valence-electron chi connectivity index (χ2n) is 6.02. The molecule has 4 rings (SSSR count). The van der Waals surface area contributed by atoms with Gasteiger partial charge in [0.1, 0.15) is 0 Å². The minimum atomic E-state index is -0.713. The number of nitrogens with one attached hydrogen (secondary N) is 1. The lowest BCUT2D eigenvalue weighted by Gasteiger charge is -2.34. The highest BCUT2D eigenvalue weighted by Gasteiger charge is 2.51. The van der Waals surface area contributed by atoms with Gasteiger partial charge >= 0.3 is 0 Å². The number of fused-ring (bicyclic) bond motifs is 3. The van der Waals surface area contributed by atoms with E-state index in [1.165, 1.54) is 0 Å². The minimum absolute atomic E-state index is 0.0748. The van der Waals surface area contributed by atoms with Gasteiger partial charge in [-0.3, -0.25) is 9.59 Å². The van der Waals surface area contributed by atoms with Crippen molar-refractivity contribution in [3.05, 3.63) is 64.7 Å². The van der Waals surface area contributed by atoms with Crippen LogP contribution in [-0.2, 0) is 16.6 Å². The van der Waals surface area contributed by atoms with Gasteiger partial charge in [-0.1, -0.05) is 36.4 Å². The molecule has 0 fully saturated rings. The van der Waals surface area contributed by atoms with E-state index in [0.717, 1.165) is 27.9 Å². The van der Waals surface area contributed by atoms with Crippen LogP contribution in [0.2, 0.25) is 0 Å². The molecule has 3 heteroatoms. The number of aryl methyl sites for hydroxylation is 1. The van der Waals surface area contributed by atoms with Crippen LogP contribution in [0.15, 0.2) is 42.5 Å². The highest BCUT2D eigenvalue weighted by Crippen LogP contribution is 2.47. The maximum absolute atomic E-state index is 13.0. The average Bonchev–Trinajstić information content (AvgIpc) is 2.72. The number of Topliss-reactive ketones (excluding diaryl/α,β-unsaturated/α-hetero) is 1. The topological polar surface area (TPSA) is 46.2 Å². The Hall–Kier alpha value is -2.42. The van der Waals surface area contributed by atoms with Gasteiger partial charge in [0.05, 0.1) is 5.41 Å². The van der Waals surface area contributed by atoms with E-state index in [1.54, 1.807) is 0 Å². The van der Waals surface area contributed by atoms with Crippen molar-refractivity contribution in [3.8, 4) is 0 Å². The van der Waals surface area contributed by atoms with Crippen LogP contribution in [0.4, 0.5) is 5.69 Å². The smallest absolute Gasteiger partial charge is 0.225 e. The van der Waals surface area contributed by atoms with E-state index in [0.29, 0.717) is 6.42 Å². The number of hydrogen-bond acceptors (Lipinski definition) is 2. The summed E-state index contributed by atoms with van der Waals surface area (Å²) in [6, 6.07) is 13.6. The quantitative estimate of drug-likeness (QED) is 0.804. The molecule has 0 aromatic heterocycles. The maximum Gasteiger partial charge on any atom is 0.225 e. The van der Waals surface area contributed by atoms with E-state index in [-0.39, 0.29) is 18.1 Å². The first-order valence-electron chi connectivity index (χ1n) is 7.14. The molecule has 1 heterocycles. The monoisotopic (exact) mass is 277 g/mol. The fraction of sp³-hybridized carbons (Fsp3) is 0.222. The van der Waals surface area contributed by atoms with Crippen LogP contribution in [0.1, 0.15) is 33.5 Å². The Labute approximate surface area is 123 Å². The van der Waals surface area contributed by atoms with Crippen molar-refractivity contribution in [2.75, 3.05) is 5.32 Å². The van der Waals surface area contributed by atoms with E-state index in [4.69, 9.17) is 0 Å². The number of ketones is 1. The number of benzene rings is 2. The summed E-state index contributed by atoms with van der Waals surface area (Å²) in [5.41, 5.74) is 3.91. The zero-order chi connectivity index (χ0) is 14.6. The molecule has 0 radical (unpaired) electrons. The fourth-order valence-electron chi connectivity index (χ4n) is 3.66. The molecule has 2 aliphatic rings. The van der Waals surface area contributed by atoms with E-state index >= 15 is 0 Å². The van der Waals surface area contributed by atoms with Crippen molar-refractivity contribution in [3.63, 3.8) is 0 Å². The standard InChI is InChI=1S/C18H15NO2/c1-11-6-7-14-15(8-11)19-16(20)10-18(14)9-12-4-2-3-5-13(12)17(18)21/h2-8H,9-10H2,1H3,(H,19,20). The molecular weight excluding hydrogens is 262 g/mol. The molecule has 1 amide bonds. The first-order valence-corrected chi connectivity index (χ1v) is 7.14. The van der Waals surface area contributed by atoms with Crippen LogP contribution in [0.25, 0.3) is 0 Å². The van der Waals surface area contributed by atoms with Crippen molar-refractivity contribution in [1.82, 2.24) is 0 Å². The third-order valence-corrected chi connectivity index (χ3v) is 4.62. The molecular formula is C18H15NO2. The van der Waals surface area contributed by atoms with Crippen molar-refractivity contribution < 1.29 is 9.59 Å². The maximum atomic E-state index is 13.0. The zero-order valence-corrected chi connectivity index (χ0v) is 11.8. The molecule has 1 unspecified atom stereocenters. The van der Waals surface area contributed by atoms with Crippen LogP contribution < -0.4 is 5.32 Å². The number of carbonyl (C=O) groups is 2. The first-order chi connectivity index (χ1) is 10.1. The van der Waals surface area contributed by atoms with Gasteiger partial charge in [-0.05, 0) is 36.1 Å². The number of carbonyl (C=O) groups excluding carboxylic acids is 2. The molecule has 21 heavy (non-hydrogen) atoms. The molecule has 104 valence electrons. The van der Waals surface area contributed by atoms with Crippen LogP contribution >= 0.6 is 0 Å². The molecule has 2 aromatic rings. The molecule has 2 aromatic carbocycles. The summed E-state index contributed by atoms with van der Waals surface area (Å²) in [5.74, 6) is 0.00677. The second kappa shape index (κ2) is 4.04. The summed E-state index contributed by atoms with van der Waals surface area (Å²) in [7, 11) is 0. The van der Waals surface area contributed by atoms with Gasteiger partial charge in [-0.2, -0.15) is 0 Å². The first kappa shape index (κ1) is 12.3. The van der Waals surface area contributed by atoms with Gasteiger partial charge in [0.15, 0.2) is 5.78 Å². The van der Waals surface area contributed by atoms with E-state index in [2.05, 4.69) is 5.32 Å². The number of anilines is 1. The van der Waals surface area contributed by atoms with Crippen LogP contribution in [0, 0.1) is 6.92 Å².